The van der Waals surface area contributed by atoms with Crippen LogP contribution >= 0.6 is 0 Å². The number of rotatable bonds is 5. The lowest BCUT2D eigenvalue weighted by Crippen LogP contribution is -2.39. The lowest BCUT2D eigenvalue weighted by Gasteiger charge is -2.20. The predicted molar refractivity (Wildman–Crippen MR) is 77.2 cm³/mol. The Morgan fingerprint density at radius 3 is 2.86 bits per heavy atom. The molecule has 1 aromatic rings. The number of nitro groups is 1. The second-order valence-corrected chi connectivity index (χ2v) is 4.51. The highest BCUT2D eigenvalue weighted by atomic mass is 16.6. The van der Waals surface area contributed by atoms with Crippen molar-refractivity contribution in [3.8, 4) is 0 Å². The van der Waals surface area contributed by atoms with Crippen molar-refractivity contribution in [2.45, 2.75) is 19.4 Å². The van der Waals surface area contributed by atoms with Crippen LogP contribution in [-0.4, -0.2) is 35.2 Å². The molecule has 116 valence electrons. The number of non-ortho nitro benzene ring substituents is 1. The normalized spacial score (nSPS) is 17.0. The van der Waals surface area contributed by atoms with E-state index in [4.69, 9.17) is 10.5 Å². The smallest absolute Gasteiger partial charge is 0.354 e. The van der Waals surface area contributed by atoms with E-state index >= 15 is 0 Å². The van der Waals surface area contributed by atoms with Gasteiger partial charge >= 0.3 is 5.97 Å². The van der Waals surface area contributed by atoms with Gasteiger partial charge in [-0.1, -0.05) is 6.07 Å². The zero-order chi connectivity index (χ0) is 16.3. The quantitative estimate of drug-likeness (QED) is 0.481. The van der Waals surface area contributed by atoms with Gasteiger partial charge in [0.25, 0.3) is 5.69 Å². The van der Waals surface area contributed by atoms with Crippen molar-refractivity contribution in [1.29, 1.82) is 0 Å². The number of ether oxygens (including phenoxy) is 1. The standard InChI is InChI=1S/C13H14N4O5/c1-2-22-13(19)10-7-11(12(14)18)16(15-10)8-4-3-5-9(6-8)17(20)21/h3-6,11H,2,7H2,1H3,(H2,14,18). The summed E-state index contributed by atoms with van der Waals surface area (Å²) in [5, 5.41) is 16.1. The molecule has 1 unspecified atom stereocenters. The van der Waals surface area contributed by atoms with E-state index in [1.807, 2.05) is 0 Å². The van der Waals surface area contributed by atoms with E-state index < -0.39 is 22.8 Å². The Morgan fingerprint density at radius 2 is 2.27 bits per heavy atom. The maximum Gasteiger partial charge on any atom is 0.354 e. The van der Waals surface area contributed by atoms with Crippen LogP contribution in [-0.2, 0) is 14.3 Å². The van der Waals surface area contributed by atoms with Crippen molar-refractivity contribution in [3.63, 3.8) is 0 Å². The first-order valence-corrected chi connectivity index (χ1v) is 6.51. The Hall–Kier alpha value is -2.97. The van der Waals surface area contributed by atoms with E-state index in [0.717, 1.165) is 0 Å². The molecule has 2 rings (SSSR count). The van der Waals surface area contributed by atoms with Crippen LogP contribution in [0.4, 0.5) is 11.4 Å². The number of anilines is 1. The number of amides is 1. The molecule has 0 aliphatic carbocycles. The summed E-state index contributed by atoms with van der Waals surface area (Å²) in [4.78, 5) is 33.5. The number of hydrazone groups is 1. The SMILES string of the molecule is CCOC(=O)C1=NN(c2cccc([N+](=O)[O-])c2)C(C(N)=O)C1. The van der Waals surface area contributed by atoms with Crippen LogP contribution in [0.5, 0.6) is 0 Å². The maximum atomic E-state index is 11.7. The monoisotopic (exact) mass is 306 g/mol. The Kier molecular flexibility index (Phi) is 4.35. The van der Waals surface area contributed by atoms with Gasteiger partial charge in [-0.05, 0) is 13.0 Å². The number of esters is 1. The van der Waals surface area contributed by atoms with E-state index in [0.29, 0.717) is 5.69 Å². The van der Waals surface area contributed by atoms with Gasteiger partial charge in [0.05, 0.1) is 17.2 Å². The number of carbonyl (C=O) groups is 2. The topological polar surface area (TPSA) is 128 Å². The minimum atomic E-state index is -0.888. The number of hydrogen-bond donors (Lipinski definition) is 1. The van der Waals surface area contributed by atoms with Crippen molar-refractivity contribution in [2.75, 3.05) is 11.6 Å². The molecule has 1 amide bonds. The van der Waals surface area contributed by atoms with Crippen molar-refractivity contribution < 1.29 is 19.2 Å². The first-order chi connectivity index (χ1) is 10.4. The predicted octanol–water partition coefficient (Wildman–Crippen LogP) is 0.578. The second-order valence-electron chi connectivity index (χ2n) is 4.51. The molecule has 0 saturated carbocycles. The third kappa shape index (κ3) is 3.03. The van der Waals surface area contributed by atoms with E-state index in [2.05, 4.69) is 5.10 Å². The summed E-state index contributed by atoms with van der Waals surface area (Å²) in [7, 11) is 0. The molecule has 1 atom stereocenters. The first kappa shape index (κ1) is 15.4. The number of hydrogen-bond acceptors (Lipinski definition) is 7. The fourth-order valence-electron chi connectivity index (χ4n) is 2.06. The molecular weight excluding hydrogens is 292 g/mol. The molecule has 22 heavy (non-hydrogen) atoms. The minimum Gasteiger partial charge on any atom is -0.461 e. The average molecular weight is 306 g/mol. The van der Waals surface area contributed by atoms with Crippen molar-refractivity contribution in [1.82, 2.24) is 0 Å². The number of primary amides is 1. The van der Waals surface area contributed by atoms with Crippen LogP contribution in [0.2, 0.25) is 0 Å². The number of benzene rings is 1. The summed E-state index contributed by atoms with van der Waals surface area (Å²) in [5.74, 6) is -1.32. The van der Waals surface area contributed by atoms with Crippen LogP contribution < -0.4 is 10.7 Å². The highest BCUT2D eigenvalue weighted by Crippen LogP contribution is 2.27. The Bertz CT molecular complexity index is 658. The molecule has 1 aliphatic rings. The van der Waals surface area contributed by atoms with Crippen LogP contribution in [0.3, 0.4) is 0 Å². The fourth-order valence-corrected chi connectivity index (χ4v) is 2.06. The van der Waals surface area contributed by atoms with Crippen molar-refractivity contribution >= 4 is 29.0 Å². The number of nitrogens with zero attached hydrogens (tertiary/aromatic N) is 3. The molecule has 9 heteroatoms. The molecule has 0 aromatic heterocycles. The summed E-state index contributed by atoms with van der Waals surface area (Å²) in [5.41, 5.74) is 5.52. The van der Waals surface area contributed by atoms with Gasteiger partial charge in [0.2, 0.25) is 5.91 Å². The zero-order valence-electron chi connectivity index (χ0n) is 11.8. The number of carbonyl (C=O) groups excluding carboxylic acids is 2. The Morgan fingerprint density at radius 1 is 1.55 bits per heavy atom. The van der Waals surface area contributed by atoms with Gasteiger partial charge in [-0.25, -0.2) is 4.79 Å². The first-order valence-electron chi connectivity index (χ1n) is 6.51. The van der Waals surface area contributed by atoms with E-state index in [1.54, 1.807) is 13.0 Å². The summed E-state index contributed by atoms with van der Waals surface area (Å²) in [6.45, 7) is 1.83. The van der Waals surface area contributed by atoms with E-state index in [9.17, 15) is 19.7 Å². The van der Waals surface area contributed by atoms with Gasteiger partial charge in [-0.2, -0.15) is 5.10 Å². The minimum absolute atomic E-state index is 0.00312. The zero-order valence-corrected chi connectivity index (χ0v) is 11.8. The molecule has 0 saturated heterocycles. The van der Waals surface area contributed by atoms with E-state index in [1.165, 1.54) is 23.2 Å². The van der Waals surface area contributed by atoms with Crippen LogP contribution in [0, 0.1) is 10.1 Å². The van der Waals surface area contributed by atoms with Gasteiger partial charge in [0.15, 0.2) is 0 Å². The third-order valence-corrected chi connectivity index (χ3v) is 3.05. The summed E-state index contributed by atoms with van der Waals surface area (Å²) < 4.78 is 4.84. The molecule has 0 fully saturated rings. The van der Waals surface area contributed by atoms with Crippen LogP contribution in [0.15, 0.2) is 29.4 Å². The van der Waals surface area contributed by atoms with Gasteiger partial charge in [0.1, 0.15) is 11.8 Å². The fraction of sp³-hybridized carbons (Fsp3) is 0.308. The molecule has 0 spiro atoms. The van der Waals surface area contributed by atoms with Crippen molar-refractivity contribution in [3.05, 3.63) is 34.4 Å². The second kappa shape index (κ2) is 6.20. The van der Waals surface area contributed by atoms with E-state index in [-0.39, 0.29) is 24.4 Å². The number of nitro benzene ring substituents is 1. The summed E-state index contributed by atoms with van der Waals surface area (Å²) >= 11 is 0. The molecule has 1 heterocycles. The van der Waals surface area contributed by atoms with Gasteiger partial charge in [-0.3, -0.25) is 19.9 Å². The molecule has 1 aromatic carbocycles. The highest BCUT2D eigenvalue weighted by Gasteiger charge is 2.36. The largest absolute Gasteiger partial charge is 0.461 e. The molecule has 2 N–H and O–H groups in total. The molecule has 9 nitrogen and oxygen atoms in total. The Labute approximate surface area is 125 Å². The summed E-state index contributed by atoms with van der Waals surface area (Å²) in [6.07, 6.45) is -0.00312. The molecule has 0 radical (unpaired) electrons. The summed E-state index contributed by atoms with van der Waals surface area (Å²) in [6, 6.07) is 4.69. The molecule has 1 aliphatic heterocycles. The van der Waals surface area contributed by atoms with Crippen LogP contribution in [0.25, 0.3) is 0 Å². The van der Waals surface area contributed by atoms with Crippen LogP contribution in [0.1, 0.15) is 13.3 Å². The maximum absolute atomic E-state index is 11.7. The average Bonchev–Trinajstić information content (AvgIpc) is 2.93. The van der Waals surface area contributed by atoms with Gasteiger partial charge in [0, 0.05) is 18.6 Å². The Balaban J connectivity index is 2.36. The van der Waals surface area contributed by atoms with Gasteiger partial charge < -0.3 is 10.5 Å². The highest BCUT2D eigenvalue weighted by molar-refractivity contribution is 6.38. The van der Waals surface area contributed by atoms with Crippen molar-refractivity contribution in [2.24, 2.45) is 10.8 Å². The van der Waals surface area contributed by atoms with Gasteiger partial charge in [-0.15, -0.1) is 0 Å². The lowest BCUT2D eigenvalue weighted by atomic mass is 10.1. The number of nitrogens with two attached hydrogens (primary N) is 1. The lowest BCUT2D eigenvalue weighted by molar-refractivity contribution is -0.384. The molecule has 0 bridgehead atoms. The third-order valence-electron chi connectivity index (χ3n) is 3.05. The molecular formula is C13H14N4O5.